The summed E-state index contributed by atoms with van der Waals surface area (Å²) in [7, 11) is 3.25. The van der Waals surface area contributed by atoms with Crippen molar-refractivity contribution in [1.29, 1.82) is 0 Å². The lowest BCUT2D eigenvalue weighted by molar-refractivity contribution is -0.260. The summed E-state index contributed by atoms with van der Waals surface area (Å²) in [5.41, 5.74) is 0. The van der Waals surface area contributed by atoms with Crippen LogP contribution in [-0.2, 0) is 14.2 Å². The van der Waals surface area contributed by atoms with Gasteiger partial charge in [0, 0.05) is 20.1 Å². The minimum Gasteiger partial charge on any atom is -0.352 e. The highest BCUT2D eigenvalue weighted by atomic mass is 16.8. The Kier molecular flexibility index (Phi) is 2.88. The predicted molar refractivity (Wildman–Crippen MR) is 45.6 cm³/mol. The number of methoxy groups -OCH3 is 2. The Morgan fingerprint density at radius 1 is 1.42 bits per heavy atom. The molecule has 1 aliphatic heterocycles. The van der Waals surface area contributed by atoms with Gasteiger partial charge >= 0.3 is 0 Å². The molecule has 0 amide bonds. The lowest BCUT2D eigenvalue weighted by atomic mass is 10.0. The summed E-state index contributed by atoms with van der Waals surface area (Å²) < 4.78 is 15.9. The normalized spacial score (nSPS) is 34.9. The summed E-state index contributed by atoms with van der Waals surface area (Å²) in [6.45, 7) is 4.10. The van der Waals surface area contributed by atoms with E-state index < -0.39 is 5.79 Å². The monoisotopic (exact) mass is 172 g/mol. The molecule has 0 aromatic heterocycles. The molecular weight excluding hydrogens is 156 g/mol. The number of rotatable bonds is 3. The molecule has 0 fully saturated rings. The maximum atomic E-state index is 5.55. The van der Waals surface area contributed by atoms with Gasteiger partial charge in [-0.05, 0) is 12.2 Å². The van der Waals surface area contributed by atoms with Crippen molar-refractivity contribution in [3.05, 3.63) is 12.2 Å². The third kappa shape index (κ3) is 1.53. The first-order valence-electron chi connectivity index (χ1n) is 4.09. The number of hydrogen-bond donors (Lipinski definition) is 0. The van der Waals surface area contributed by atoms with Crippen LogP contribution in [0.5, 0.6) is 0 Å². The average molecular weight is 172 g/mol. The maximum absolute atomic E-state index is 5.55. The fraction of sp³-hybridized carbons (Fsp3) is 0.778. The fourth-order valence-electron chi connectivity index (χ4n) is 1.28. The molecule has 70 valence electrons. The van der Waals surface area contributed by atoms with Gasteiger partial charge in [0.15, 0.2) is 12.1 Å². The van der Waals surface area contributed by atoms with Crippen LogP contribution in [0.1, 0.15) is 13.8 Å². The second kappa shape index (κ2) is 3.56. The first-order chi connectivity index (χ1) is 5.64. The van der Waals surface area contributed by atoms with Crippen LogP contribution < -0.4 is 0 Å². The lowest BCUT2D eigenvalue weighted by Crippen LogP contribution is -2.37. The van der Waals surface area contributed by atoms with Gasteiger partial charge in [0.05, 0.1) is 0 Å². The molecule has 0 aliphatic carbocycles. The maximum Gasteiger partial charge on any atom is 0.193 e. The van der Waals surface area contributed by atoms with E-state index in [2.05, 4.69) is 0 Å². The first kappa shape index (κ1) is 9.71. The Labute approximate surface area is 73.3 Å². The molecule has 0 saturated heterocycles. The van der Waals surface area contributed by atoms with Gasteiger partial charge in [0.2, 0.25) is 0 Å². The van der Waals surface area contributed by atoms with Crippen LogP contribution in [0.4, 0.5) is 0 Å². The van der Waals surface area contributed by atoms with E-state index in [9.17, 15) is 0 Å². The molecule has 0 spiro atoms. The zero-order valence-corrected chi connectivity index (χ0v) is 8.03. The molecule has 1 aliphatic rings. The molecular formula is C9H16O3. The van der Waals surface area contributed by atoms with Crippen molar-refractivity contribution in [2.45, 2.75) is 25.9 Å². The Bertz CT molecular complexity index is 177. The Morgan fingerprint density at radius 2 is 2.08 bits per heavy atom. The minimum atomic E-state index is -0.597. The zero-order chi connectivity index (χ0) is 9.19. The molecule has 0 aromatic carbocycles. The highest BCUT2D eigenvalue weighted by Crippen LogP contribution is 2.31. The van der Waals surface area contributed by atoms with Crippen LogP contribution in [0.15, 0.2) is 12.2 Å². The molecule has 3 nitrogen and oxygen atoms in total. The molecule has 3 heteroatoms. The zero-order valence-electron chi connectivity index (χ0n) is 8.03. The fourth-order valence-corrected chi connectivity index (χ4v) is 1.28. The second-order valence-electron chi connectivity index (χ2n) is 3.16. The van der Waals surface area contributed by atoms with Crippen LogP contribution in [0, 0.1) is 5.92 Å². The van der Waals surface area contributed by atoms with Crippen molar-refractivity contribution in [3.63, 3.8) is 0 Å². The molecule has 0 bridgehead atoms. The lowest BCUT2D eigenvalue weighted by Gasteiger charge is -2.30. The summed E-state index contributed by atoms with van der Waals surface area (Å²) in [6.07, 6.45) is 3.50. The Hall–Kier alpha value is -0.380. The standard InChI is InChI=1S/C9H16O3/c1-7(2)9(11-4)6-5-8(10-3)12-9/h5-8H,1-4H3. The SMILES string of the molecule is COC1C=CC(OC)(C(C)C)O1. The van der Waals surface area contributed by atoms with Gasteiger partial charge in [0.25, 0.3) is 0 Å². The third-order valence-corrected chi connectivity index (χ3v) is 2.14. The molecule has 0 aromatic rings. The van der Waals surface area contributed by atoms with Crippen LogP contribution in [-0.4, -0.2) is 26.3 Å². The van der Waals surface area contributed by atoms with Crippen LogP contribution in [0.2, 0.25) is 0 Å². The van der Waals surface area contributed by atoms with Crippen molar-refractivity contribution < 1.29 is 14.2 Å². The van der Waals surface area contributed by atoms with E-state index in [0.717, 1.165) is 0 Å². The van der Waals surface area contributed by atoms with Crippen LogP contribution in [0.3, 0.4) is 0 Å². The van der Waals surface area contributed by atoms with E-state index in [0.29, 0.717) is 0 Å². The summed E-state index contributed by atoms with van der Waals surface area (Å²) in [6, 6.07) is 0. The van der Waals surface area contributed by atoms with Crippen molar-refractivity contribution in [3.8, 4) is 0 Å². The molecule has 12 heavy (non-hydrogen) atoms. The molecule has 2 unspecified atom stereocenters. The smallest absolute Gasteiger partial charge is 0.193 e. The highest BCUT2D eigenvalue weighted by molar-refractivity contribution is 5.06. The molecule has 0 saturated carbocycles. The average Bonchev–Trinajstić information content (AvgIpc) is 2.48. The third-order valence-electron chi connectivity index (χ3n) is 2.14. The molecule has 0 N–H and O–H groups in total. The van der Waals surface area contributed by atoms with Gasteiger partial charge in [-0.3, -0.25) is 0 Å². The van der Waals surface area contributed by atoms with E-state index in [4.69, 9.17) is 14.2 Å². The Morgan fingerprint density at radius 3 is 2.33 bits per heavy atom. The summed E-state index contributed by atoms with van der Waals surface area (Å²) in [4.78, 5) is 0. The van der Waals surface area contributed by atoms with E-state index in [1.54, 1.807) is 14.2 Å². The van der Waals surface area contributed by atoms with E-state index in [1.807, 2.05) is 26.0 Å². The summed E-state index contributed by atoms with van der Waals surface area (Å²) in [5, 5.41) is 0. The van der Waals surface area contributed by atoms with Crippen molar-refractivity contribution in [2.24, 2.45) is 5.92 Å². The molecule has 1 rings (SSSR count). The largest absolute Gasteiger partial charge is 0.352 e. The van der Waals surface area contributed by atoms with Gasteiger partial charge in [-0.25, -0.2) is 0 Å². The van der Waals surface area contributed by atoms with Gasteiger partial charge in [-0.15, -0.1) is 0 Å². The van der Waals surface area contributed by atoms with Crippen LogP contribution >= 0.6 is 0 Å². The van der Waals surface area contributed by atoms with Crippen molar-refractivity contribution in [2.75, 3.05) is 14.2 Å². The van der Waals surface area contributed by atoms with Crippen molar-refractivity contribution >= 4 is 0 Å². The van der Waals surface area contributed by atoms with Gasteiger partial charge in [0.1, 0.15) is 0 Å². The van der Waals surface area contributed by atoms with Gasteiger partial charge < -0.3 is 14.2 Å². The van der Waals surface area contributed by atoms with Crippen molar-refractivity contribution in [1.82, 2.24) is 0 Å². The molecule has 0 radical (unpaired) electrons. The first-order valence-corrected chi connectivity index (χ1v) is 4.09. The quantitative estimate of drug-likeness (QED) is 0.604. The summed E-state index contributed by atoms with van der Waals surface area (Å²) in [5.74, 6) is -0.320. The van der Waals surface area contributed by atoms with Crippen LogP contribution in [0.25, 0.3) is 0 Å². The second-order valence-corrected chi connectivity index (χ2v) is 3.16. The number of hydrogen-bond acceptors (Lipinski definition) is 3. The molecule has 2 atom stereocenters. The van der Waals surface area contributed by atoms with E-state index in [1.165, 1.54) is 0 Å². The highest BCUT2D eigenvalue weighted by Gasteiger charge is 2.38. The molecule has 1 heterocycles. The predicted octanol–water partition coefficient (Wildman–Crippen LogP) is 1.54. The summed E-state index contributed by atoms with van der Waals surface area (Å²) >= 11 is 0. The minimum absolute atomic E-state index is 0.271. The van der Waals surface area contributed by atoms with E-state index in [-0.39, 0.29) is 12.2 Å². The van der Waals surface area contributed by atoms with Gasteiger partial charge in [-0.1, -0.05) is 13.8 Å². The van der Waals surface area contributed by atoms with E-state index >= 15 is 0 Å². The number of ether oxygens (including phenoxy) is 3. The van der Waals surface area contributed by atoms with Gasteiger partial charge in [-0.2, -0.15) is 0 Å². The Balaban J connectivity index is 2.68. The topological polar surface area (TPSA) is 27.7 Å².